The first kappa shape index (κ1) is 16.1. The maximum Gasteiger partial charge on any atom is 0.141 e. The average molecular weight is 320 g/mol. The van der Waals surface area contributed by atoms with Crippen molar-refractivity contribution in [2.75, 3.05) is 19.8 Å². The third-order valence-corrected chi connectivity index (χ3v) is 4.52. The lowest BCUT2D eigenvalue weighted by Crippen LogP contribution is -2.26. The van der Waals surface area contributed by atoms with Crippen molar-refractivity contribution in [3.8, 4) is 0 Å². The molecule has 4 nitrogen and oxygen atoms in total. The Hall–Kier alpha value is -1.82. The second-order valence-corrected chi connectivity index (χ2v) is 6.04. The molecule has 1 aromatic heterocycles. The van der Waals surface area contributed by atoms with Crippen molar-refractivity contribution in [1.29, 1.82) is 0 Å². The molecule has 2 heterocycles. The van der Waals surface area contributed by atoms with E-state index in [1.165, 1.54) is 24.0 Å². The number of aromatic nitrogens is 3. The van der Waals surface area contributed by atoms with Gasteiger partial charge in [-0.15, -0.1) is 0 Å². The van der Waals surface area contributed by atoms with Gasteiger partial charge >= 0.3 is 0 Å². The van der Waals surface area contributed by atoms with Gasteiger partial charge in [-0.2, -0.15) is 5.10 Å². The standard InChI is InChI=1S/C17H22F2N4/c18-8-11-23-17(20-13-21-23)12-22-9-1-2-14(7-10-22)15-3-5-16(19)6-4-15/h3-6,13-14H,1-2,7-12H2/t14-/m0/s1. The van der Waals surface area contributed by atoms with Crippen LogP contribution in [0, 0.1) is 5.82 Å². The fourth-order valence-electron chi connectivity index (χ4n) is 3.26. The summed E-state index contributed by atoms with van der Waals surface area (Å²) < 4.78 is 27.2. The predicted octanol–water partition coefficient (Wildman–Crippen LogP) is 3.16. The molecule has 1 atom stereocenters. The third-order valence-electron chi connectivity index (χ3n) is 4.52. The van der Waals surface area contributed by atoms with E-state index in [-0.39, 0.29) is 12.4 Å². The number of rotatable bonds is 5. The Kier molecular flexibility index (Phi) is 5.33. The molecule has 0 spiro atoms. The third kappa shape index (κ3) is 4.13. The molecule has 0 aliphatic carbocycles. The molecule has 0 bridgehead atoms. The normalized spacial score (nSPS) is 19.7. The Morgan fingerprint density at radius 3 is 2.74 bits per heavy atom. The maximum absolute atomic E-state index is 13.1. The summed E-state index contributed by atoms with van der Waals surface area (Å²) in [5.74, 6) is 1.11. The number of hydrogen-bond donors (Lipinski definition) is 0. The summed E-state index contributed by atoms with van der Waals surface area (Å²) >= 11 is 0. The second-order valence-electron chi connectivity index (χ2n) is 6.04. The lowest BCUT2D eigenvalue weighted by molar-refractivity contribution is 0.261. The van der Waals surface area contributed by atoms with Crippen LogP contribution < -0.4 is 0 Å². The number of benzene rings is 1. The number of aryl methyl sites for hydroxylation is 1. The van der Waals surface area contributed by atoms with Crippen LogP contribution in [-0.2, 0) is 13.1 Å². The highest BCUT2D eigenvalue weighted by atomic mass is 19.1. The molecule has 1 aliphatic rings. The molecule has 1 fully saturated rings. The smallest absolute Gasteiger partial charge is 0.141 e. The number of alkyl halides is 1. The van der Waals surface area contributed by atoms with Crippen LogP contribution in [0.25, 0.3) is 0 Å². The van der Waals surface area contributed by atoms with Crippen LogP contribution in [0.1, 0.15) is 36.6 Å². The van der Waals surface area contributed by atoms with Crippen molar-refractivity contribution in [3.63, 3.8) is 0 Å². The summed E-state index contributed by atoms with van der Waals surface area (Å²) in [4.78, 5) is 6.60. The van der Waals surface area contributed by atoms with Crippen LogP contribution in [0.15, 0.2) is 30.6 Å². The number of halogens is 2. The van der Waals surface area contributed by atoms with E-state index >= 15 is 0 Å². The summed E-state index contributed by atoms with van der Waals surface area (Å²) in [6.07, 6.45) is 4.74. The zero-order valence-electron chi connectivity index (χ0n) is 13.2. The van der Waals surface area contributed by atoms with Crippen LogP contribution in [0.5, 0.6) is 0 Å². The van der Waals surface area contributed by atoms with Crippen molar-refractivity contribution >= 4 is 0 Å². The molecule has 2 aromatic rings. The predicted molar refractivity (Wildman–Crippen MR) is 84.3 cm³/mol. The van der Waals surface area contributed by atoms with Crippen molar-refractivity contribution in [2.24, 2.45) is 0 Å². The largest absolute Gasteiger partial charge is 0.296 e. The number of hydrogen-bond acceptors (Lipinski definition) is 3. The van der Waals surface area contributed by atoms with Crippen LogP contribution in [0.3, 0.4) is 0 Å². The fourth-order valence-corrected chi connectivity index (χ4v) is 3.26. The molecule has 23 heavy (non-hydrogen) atoms. The van der Waals surface area contributed by atoms with E-state index in [9.17, 15) is 8.78 Å². The minimum Gasteiger partial charge on any atom is -0.296 e. The van der Waals surface area contributed by atoms with Crippen molar-refractivity contribution in [1.82, 2.24) is 19.7 Å². The highest BCUT2D eigenvalue weighted by Gasteiger charge is 2.20. The van der Waals surface area contributed by atoms with Gasteiger partial charge in [0.05, 0.1) is 13.1 Å². The van der Waals surface area contributed by atoms with E-state index in [2.05, 4.69) is 15.0 Å². The van der Waals surface area contributed by atoms with E-state index in [1.54, 1.807) is 4.68 Å². The molecule has 1 aliphatic heterocycles. The Morgan fingerprint density at radius 1 is 1.13 bits per heavy atom. The van der Waals surface area contributed by atoms with Gasteiger partial charge in [0, 0.05) is 0 Å². The summed E-state index contributed by atoms with van der Waals surface area (Å²) in [5, 5.41) is 4.07. The van der Waals surface area contributed by atoms with Gasteiger partial charge in [0.15, 0.2) is 0 Å². The van der Waals surface area contributed by atoms with Gasteiger partial charge < -0.3 is 0 Å². The summed E-state index contributed by atoms with van der Waals surface area (Å²) in [6.45, 7) is 2.51. The van der Waals surface area contributed by atoms with Gasteiger partial charge in [0.25, 0.3) is 0 Å². The second kappa shape index (κ2) is 7.64. The van der Waals surface area contributed by atoms with E-state index in [4.69, 9.17) is 0 Å². The lowest BCUT2D eigenvalue weighted by Gasteiger charge is -2.20. The first-order valence-electron chi connectivity index (χ1n) is 8.16. The highest BCUT2D eigenvalue weighted by Crippen LogP contribution is 2.28. The Morgan fingerprint density at radius 2 is 1.96 bits per heavy atom. The molecule has 0 unspecified atom stereocenters. The number of likely N-dealkylation sites (tertiary alicyclic amines) is 1. The Bertz CT molecular complexity index is 611. The molecule has 1 aromatic carbocycles. The molecule has 0 radical (unpaired) electrons. The minimum atomic E-state index is -0.428. The van der Waals surface area contributed by atoms with E-state index in [0.717, 1.165) is 38.2 Å². The minimum absolute atomic E-state index is 0.184. The van der Waals surface area contributed by atoms with Gasteiger partial charge in [-0.3, -0.25) is 4.90 Å². The first-order chi connectivity index (χ1) is 11.3. The first-order valence-corrected chi connectivity index (χ1v) is 8.16. The average Bonchev–Trinajstić information content (AvgIpc) is 2.85. The van der Waals surface area contributed by atoms with Gasteiger partial charge in [-0.1, -0.05) is 12.1 Å². The molecular formula is C17H22F2N4. The topological polar surface area (TPSA) is 34.0 Å². The SMILES string of the molecule is FCCn1ncnc1CN1CCC[C@H](c2ccc(F)cc2)CC1. The van der Waals surface area contributed by atoms with Gasteiger partial charge in [0.2, 0.25) is 0 Å². The quantitative estimate of drug-likeness (QED) is 0.848. The summed E-state index contributed by atoms with van der Waals surface area (Å²) in [7, 11) is 0. The molecule has 6 heteroatoms. The van der Waals surface area contributed by atoms with Gasteiger partial charge in [-0.05, 0) is 56.0 Å². The van der Waals surface area contributed by atoms with Crippen LogP contribution in [-0.4, -0.2) is 39.4 Å². The summed E-state index contributed by atoms with van der Waals surface area (Å²) in [6, 6.07) is 6.87. The maximum atomic E-state index is 13.1. The Balaban J connectivity index is 1.60. The van der Waals surface area contributed by atoms with Crippen LogP contribution >= 0.6 is 0 Å². The molecular weight excluding hydrogens is 298 g/mol. The molecule has 3 rings (SSSR count). The van der Waals surface area contributed by atoms with E-state index in [1.807, 2.05) is 12.1 Å². The monoisotopic (exact) mass is 320 g/mol. The van der Waals surface area contributed by atoms with E-state index in [0.29, 0.717) is 12.5 Å². The highest BCUT2D eigenvalue weighted by molar-refractivity contribution is 5.20. The summed E-state index contributed by atoms with van der Waals surface area (Å²) in [5.41, 5.74) is 1.22. The van der Waals surface area contributed by atoms with Crippen molar-refractivity contribution < 1.29 is 8.78 Å². The molecule has 1 saturated heterocycles. The number of nitrogens with zero attached hydrogens (tertiary/aromatic N) is 4. The van der Waals surface area contributed by atoms with Crippen LogP contribution in [0.4, 0.5) is 8.78 Å². The van der Waals surface area contributed by atoms with Gasteiger partial charge in [-0.25, -0.2) is 18.4 Å². The molecule has 124 valence electrons. The molecule has 0 saturated carbocycles. The lowest BCUT2D eigenvalue weighted by atomic mass is 9.92. The Labute approximate surface area is 135 Å². The van der Waals surface area contributed by atoms with Crippen molar-refractivity contribution in [3.05, 3.63) is 47.8 Å². The van der Waals surface area contributed by atoms with Gasteiger partial charge in [0.1, 0.15) is 24.6 Å². The molecule has 0 N–H and O–H groups in total. The fraction of sp³-hybridized carbons (Fsp3) is 0.529. The van der Waals surface area contributed by atoms with Crippen LogP contribution in [0.2, 0.25) is 0 Å². The van der Waals surface area contributed by atoms with E-state index < -0.39 is 6.67 Å². The van der Waals surface area contributed by atoms with Crippen molar-refractivity contribution in [2.45, 2.75) is 38.3 Å². The zero-order chi connectivity index (χ0) is 16.1. The molecule has 0 amide bonds. The zero-order valence-corrected chi connectivity index (χ0v) is 13.2.